The highest BCUT2D eigenvalue weighted by Gasteiger charge is 2.26. The molecule has 1 aromatic heterocycles. The van der Waals surface area contributed by atoms with E-state index in [9.17, 15) is 4.79 Å². The number of carbonyl (C=O) groups excluding carboxylic acids is 1. The number of anilines is 1. The van der Waals surface area contributed by atoms with Crippen LogP contribution in [0.1, 0.15) is 23.0 Å². The lowest BCUT2D eigenvalue weighted by molar-refractivity contribution is 0.209. The minimum absolute atomic E-state index is 0.211. The van der Waals surface area contributed by atoms with Crippen LogP contribution in [0, 0.1) is 6.92 Å². The van der Waals surface area contributed by atoms with Gasteiger partial charge in [-0.2, -0.15) is 0 Å². The summed E-state index contributed by atoms with van der Waals surface area (Å²) in [6, 6.07) is 14.6. The lowest BCUT2D eigenvalue weighted by atomic mass is 10.1. The number of nitrogens with one attached hydrogen (secondary N) is 1. The molecule has 3 rings (SSSR count). The van der Waals surface area contributed by atoms with E-state index in [0.717, 1.165) is 22.6 Å². The first-order valence-electron chi connectivity index (χ1n) is 8.29. The van der Waals surface area contributed by atoms with Crippen LogP contribution in [-0.4, -0.2) is 27.5 Å². The van der Waals surface area contributed by atoms with E-state index in [-0.39, 0.29) is 12.1 Å². The van der Waals surface area contributed by atoms with E-state index in [1.54, 1.807) is 18.1 Å². The summed E-state index contributed by atoms with van der Waals surface area (Å²) in [5.41, 5.74) is 2.83. The molecule has 0 saturated carbocycles. The number of hydrogen-bond donors (Lipinski definition) is 1. The Bertz CT molecular complexity index is 887. The number of amides is 2. The molecule has 0 aliphatic rings. The molecule has 6 heteroatoms. The molecule has 0 aliphatic carbocycles. The van der Waals surface area contributed by atoms with Gasteiger partial charge in [0.05, 0.1) is 0 Å². The summed E-state index contributed by atoms with van der Waals surface area (Å²) in [6.45, 7) is 2.01. The predicted molar refractivity (Wildman–Crippen MR) is 104 cm³/mol. The molecule has 1 unspecified atom stereocenters. The van der Waals surface area contributed by atoms with E-state index in [2.05, 4.69) is 10.3 Å². The Morgan fingerprint density at radius 2 is 1.81 bits per heavy atom. The molecule has 0 fully saturated rings. The van der Waals surface area contributed by atoms with Gasteiger partial charge in [-0.05, 0) is 36.8 Å². The van der Waals surface area contributed by atoms with Gasteiger partial charge in [-0.1, -0.05) is 41.4 Å². The topological polar surface area (TPSA) is 50.2 Å². The molecule has 26 heavy (non-hydrogen) atoms. The number of hydrogen-bond acceptors (Lipinski definition) is 2. The molecule has 1 N–H and O–H groups in total. The van der Waals surface area contributed by atoms with Gasteiger partial charge < -0.3 is 14.8 Å². The summed E-state index contributed by atoms with van der Waals surface area (Å²) in [4.78, 5) is 18.9. The van der Waals surface area contributed by atoms with Crippen molar-refractivity contribution in [1.29, 1.82) is 0 Å². The first kappa shape index (κ1) is 18.0. The fourth-order valence-electron chi connectivity index (χ4n) is 2.80. The van der Waals surface area contributed by atoms with Crippen LogP contribution < -0.4 is 5.32 Å². The smallest absolute Gasteiger partial charge is 0.322 e. The lowest BCUT2D eigenvalue weighted by Crippen LogP contribution is -2.36. The number of rotatable bonds is 4. The van der Waals surface area contributed by atoms with E-state index < -0.39 is 0 Å². The zero-order chi connectivity index (χ0) is 18.7. The van der Waals surface area contributed by atoms with Gasteiger partial charge in [-0.3, -0.25) is 0 Å². The van der Waals surface area contributed by atoms with Crippen molar-refractivity contribution in [3.05, 3.63) is 82.9 Å². The molecule has 0 bridgehead atoms. The molecule has 2 amide bonds. The molecule has 134 valence electrons. The van der Waals surface area contributed by atoms with Crippen molar-refractivity contribution in [2.24, 2.45) is 7.05 Å². The van der Waals surface area contributed by atoms with E-state index in [4.69, 9.17) is 11.6 Å². The number of carbonyl (C=O) groups is 1. The van der Waals surface area contributed by atoms with Crippen LogP contribution in [0.4, 0.5) is 10.5 Å². The Balaban J connectivity index is 1.90. The molecule has 0 spiro atoms. The Hall–Kier alpha value is -2.79. The third kappa shape index (κ3) is 3.89. The quantitative estimate of drug-likeness (QED) is 0.729. The summed E-state index contributed by atoms with van der Waals surface area (Å²) in [5.74, 6) is 0.772. The van der Waals surface area contributed by atoms with Crippen molar-refractivity contribution < 1.29 is 4.79 Å². The van der Waals surface area contributed by atoms with E-state index in [1.165, 1.54) is 0 Å². The third-order valence-electron chi connectivity index (χ3n) is 4.30. The van der Waals surface area contributed by atoms with Crippen LogP contribution in [0.3, 0.4) is 0 Å². The number of benzene rings is 2. The van der Waals surface area contributed by atoms with Crippen molar-refractivity contribution in [1.82, 2.24) is 14.5 Å². The minimum Gasteiger partial charge on any atom is -0.336 e. The number of aryl methyl sites for hydroxylation is 2. The summed E-state index contributed by atoms with van der Waals surface area (Å²) in [5, 5.41) is 3.59. The van der Waals surface area contributed by atoms with Crippen molar-refractivity contribution >= 4 is 23.3 Å². The maximum Gasteiger partial charge on any atom is 0.322 e. The largest absolute Gasteiger partial charge is 0.336 e. The van der Waals surface area contributed by atoms with Gasteiger partial charge >= 0.3 is 6.03 Å². The number of nitrogens with zero attached hydrogens (tertiary/aromatic N) is 3. The maximum atomic E-state index is 12.8. The number of halogens is 1. The maximum absolute atomic E-state index is 12.8. The standard InChI is InChI=1S/C20H21ClN4O/c1-14-4-10-17(11-5-14)23-20(26)25(3)18(19-22-12-13-24(19)2)15-6-8-16(21)9-7-15/h4-13,18H,1-3H3,(H,23,26). The molecule has 1 heterocycles. The molecular weight excluding hydrogens is 348 g/mol. The molecule has 1 atom stereocenters. The van der Waals surface area contributed by atoms with Crippen molar-refractivity contribution in [2.45, 2.75) is 13.0 Å². The van der Waals surface area contributed by atoms with Crippen LogP contribution in [0.25, 0.3) is 0 Å². The van der Waals surface area contributed by atoms with Gasteiger partial charge in [0.15, 0.2) is 0 Å². The highest BCUT2D eigenvalue weighted by molar-refractivity contribution is 6.30. The van der Waals surface area contributed by atoms with Crippen molar-refractivity contribution in [3.8, 4) is 0 Å². The second-order valence-electron chi connectivity index (χ2n) is 6.26. The Morgan fingerprint density at radius 3 is 2.38 bits per heavy atom. The van der Waals surface area contributed by atoms with Crippen molar-refractivity contribution in [3.63, 3.8) is 0 Å². The highest BCUT2D eigenvalue weighted by Crippen LogP contribution is 2.28. The first-order valence-corrected chi connectivity index (χ1v) is 8.66. The SMILES string of the molecule is Cc1ccc(NC(=O)N(C)C(c2ccc(Cl)cc2)c2nccn2C)cc1. The summed E-state index contributed by atoms with van der Waals surface area (Å²) < 4.78 is 1.91. The van der Waals surface area contributed by atoms with Crippen LogP contribution >= 0.6 is 11.6 Å². The average Bonchev–Trinajstić information content (AvgIpc) is 3.04. The number of imidazole rings is 1. The second kappa shape index (κ2) is 7.62. The fraction of sp³-hybridized carbons (Fsp3) is 0.200. The van der Waals surface area contributed by atoms with Crippen LogP contribution in [0.2, 0.25) is 5.02 Å². The van der Waals surface area contributed by atoms with E-state index in [0.29, 0.717) is 5.02 Å². The summed E-state index contributed by atoms with van der Waals surface area (Å²) >= 11 is 6.02. The molecular formula is C20H21ClN4O. The molecule has 0 saturated heterocycles. The summed E-state index contributed by atoms with van der Waals surface area (Å²) in [7, 11) is 3.68. The van der Waals surface area contributed by atoms with Gasteiger partial charge in [-0.15, -0.1) is 0 Å². The molecule has 5 nitrogen and oxygen atoms in total. The minimum atomic E-state index is -0.335. The second-order valence-corrected chi connectivity index (χ2v) is 6.69. The zero-order valence-electron chi connectivity index (χ0n) is 15.0. The van der Waals surface area contributed by atoms with E-state index in [1.807, 2.05) is 73.3 Å². The monoisotopic (exact) mass is 368 g/mol. The Kier molecular flexibility index (Phi) is 5.28. The van der Waals surface area contributed by atoms with Gasteiger partial charge in [-0.25, -0.2) is 9.78 Å². The number of aromatic nitrogens is 2. The van der Waals surface area contributed by atoms with Crippen LogP contribution in [0.5, 0.6) is 0 Å². The molecule has 0 aliphatic heterocycles. The third-order valence-corrected chi connectivity index (χ3v) is 4.55. The van der Waals surface area contributed by atoms with Gasteiger partial charge in [0.1, 0.15) is 11.9 Å². The van der Waals surface area contributed by atoms with Crippen LogP contribution in [0.15, 0.2) is 60.9 Å². The summed E-state index contributed by atoms with van der Waals surface area (Å²) in [6.07, 6.45) is 3.59. The van der Waals surface area contributed by atoms with E-state index >= 15 is 0 Å². The molecule has 3 aromatic rings. The van der Waals surface area contributed by atoms with Crippen molar-refractivity contribution in [2.75, 3.05) is 12.4 Å². The van der Waals surface area contributed by atoms with Gasteiger partial charge in [0, 0.05) is 37.2 Å². The molecule has 0 radical (unpaired) electrons. The Labute approximate surface area is 158 Å². The first-order chi connectivity index (χ1) is 12.5. The zero-order valence-corrected chi connectivity index (χ0v) is 15.7. The Morgan fingerprint density at radius 1 is 1.15 bits per heavy atom. The normalized spacial score (nSPS) is 11.8. The molecule has 2 aromatic carbocycles. The van der Waals surface area contributed by atoms with Crippen LogP contribution in [-0.2, 0) is 7.05 Å². The average molecular weight is 369 g/mol. The van der Waals surface area contributed by atoms with Gasteiger partial charge in [0.25, 0.3) is 0 Å². The lowest BCUT2D eigenvalue weighted by Gasteiger charge is -2.28. The fourth-order valence-corrected chi connectivity index (χ4v) is 2.92. The predicted octanol–water partition coefficient (Wildman–Crippen LogP) is 4.64. The highest BCUT2D eigenvalue weighted by atomic mass is 35.5. The van der Waals surface area contributed by atoms with Gasteiger partial charge in [0.2, 0.25) is 0 Å². The number of urea groups is 1.